The maximum absolute atomic E-state index is 3.46. The van der Waals surface area contributed by atoms with Crippen LogP contribution < -0.4 is 10.2 Å². The van der Waals surface area contributed by atoms with Gasteiger partial charge in [-0.2, -0.15) is 0 Å². The molecule has 106 valence electrons. The Balaban J connectivity index is 1.93. The van der Waals surface area contributed by atoms with Crippen molar-refractivity contribution in [2.75, 3.05) is 11.9 Å². The second-order valence-corrected chi connectivity index (χ2v) is 6.10. The highest BCUT2D eigenvalue weighted by Crippen LogP contribution is 2.26. The Labute approximate surface area is 118 Å². The molecule has 0 aliphatic heterocycles. The molecule has 0 spiro atoms. The van der Waals surface area contributed by atoms with Gasteiger partial charge in [0.05, 0.1) is 0 Å². The van der Waals surface area contributed by atoms with Gasteiger partial charge in [0.25, 0.3) is 0 Å². The SMILES string of the molecule is CC(C)NCc1ccc(N(C)C2CCCCC2)cc1. The lowest BCUT2D eigenvalue weighted by Crippen LogP contribution is -2.33. The van der Waals surface area contributed by atoms with E-state index in [9.17, 15) is 0 Å². The van der Waals surface area contributed by atoms with Crippen molar-refractivity contribution >= 4 is 5.69 Å². The van der Waals surface area contributed by atoms with Gasteiger partial charge in [-0.3, -0.25) is 0 Å². The molecule has 2 heteroatoms. The number of hydrogen-bond donors (Lipinski definition) is 1. The number of nitrogens with one attached hydrogen (secondary N) is 1. The number of nitrogens with zero attached hydrogens (tertiary/aromatic N) is 1. The molecule has 0 amide bonds. The average molecular weight is 260 g/mol. The predicted octanol–water partition coefficient (Wildman–Crippen LogP) is 3.95. The molecular formula is C17H28N2. The Kier molecular flexibility index (Phi) is 5.26. The number of anilines is 1. The molecule has 0 heterocycles. The van der Waals surface area contributed by atoms with Gasteiger partial charge >= 0.3 is 0 Å². The minimum Gasteiger partial charge on any atom is -0.372 e. The summed E-state index contributed by atoms with van der Waals surface area (Å²) in [7, 11) is 2.25. The largest absolute Gasteiger partial charge is 0.372 e. The van der Waals surface area contributed by atoms with E-state index in [2.05, 4.69) is 55.4 Å². The fraction of sp³-hybridized carbons (Fsp3) is 0.647. The summed E-state index contributed by atoms with van der Waals surface area (Å²) in [6, 6.07) is 10.3. The second kappa shape index (κ2) is 6.95. The van der Waals surface area contributed by atoms with E-state index in [0.717, 1.165) is 12.6 Å². The first-order chi connectivity index (χ1) is 9.16. The molecule has 1 aromatic rings. The van der Waals surface area contributed by atoms with Crippen molar-refractivity contribution in [2.24, 2.45) is 0 Å². The molecule has 0 saturated heterocycles. The van der Waals surface area contributed by atoms with Crippen LogP contribution in [0.25, 0.3) is 0 Å². The van der Waals surface area contributed by atoms with Crippen LogP contribution in [-0.2, 0) is 6.54 Å². The minimum atomic E-state index is 0.546. The zero-order valence-corrected chi connectivity index (χ0v) is 12.7. The highest BCUT2D eigenvalue weighted by Gasteiger charge is 2.18. The molecule has 1 aliphatic carbocycles. The van der Waals surface area contributed by atoms with Gasteiger partial charge < -0.3 is 10.2 Å². The molecule has 0 radical (unpaired) electrons. The maximum Gasteiger partial charge on any atom is 0.0366 e. The molecular weight excluding hydrogens is 232 g/mol. The molecule has 2 nitrogen and oxygen atoms in total. The molecule has 19 heavy (non-hydrogen) atoms. The van der Waals surface area contributed by atoms with E-state index in [4.69, 9.17) is 0 Å². The molecule has 2 rings (SSSR count). The molecule has 0 atom stereocenters. The average Bonchev–Trinajstić information content (AvgIpc) is 2.46. The third-order valence-corrected chi connectivity index (χ3v) is 4.18. The second-order valence-electron chi connectivity index (χ2n) is 6.10. The van der Waals surface area contributed by atoms with Gasteiger partial charge in [-0.25, -0.2) is 0 Å². The van der Waals surface area contributed by atoms with Gasteiger partial charge in [-0.1, -0.05) is 45.2 Å². The summed E-state index contributed by atoms with van der Waals surface area (Å²) in [5, 5.41) is 3.46. The minimum absolute atomic E-state index is 0.546. The van der Waals surface area contributed by atoms with Crippen molar-refractivity contribution in [1.29, 1.82) is 0 Å². The lowest BCUT2D eigenvalue weighted by molar-refractivity contribution is 0.427. The summed E-state index contributed by atoms with van der Waals surface area (Å²) in [6.07, 6.45) is 6.92. The molecule has 0 aromatic heterocycles. The van der Waals surface area contributed by atoms with Crippen LogP contribution >= 0.6 is 0 Å². The van der Waals surface area contributed by atoms with E-state index in [-0.39, 0.29) is 0 Å². The quantitative estimate of drug-likeness (QED) is 0.862. The van der Waals surface area contributed by atoms with Gasteiger partial charge in [-0.15, -0.1) is 0 Å². The van der Waals surface area contributed by atoms with Crippen LogP contribution in [0, 0.1) is 0 Å². The molecule has 1 fully saturated rings. The van der Waals surface area contributed by atoms with E-state index < -0.39 is 0 Å². The van der Waals surface area contributed by atoms with Crippen molar-refractivity contribution in [3.8, 4) is 0 Å². The first kappa shape index (κ1) is 14.4. The monoisotopic (exact) mass is 260 g/mol. The molecule has 1 saturated carbocycles. The zero-order valence-electron chi connectivity index (χ0n) is 12.7. The van der Waals surface area contributed by atoms with Crippen LogP contribution in [0.1, 0.15) is 51.5 Å². The summed E-state index contributed by atoms with van der Waals surface area (Å²) < 4.78 is 0. The van der Waals surface area contributed by atoms with Crippen LogP contribution in [0.15, 0.2) is 24.3 Å². The summed E-state index contributed by atoms with van der Waals surface area (Å²) >= 11 is 0. The van der Waals surface area contributed by atoms with Crippen molar-refractivity contribution in [3.63, 3.8) is 0 Å². The predicted molar refractivity (Wildman–Crippen MR) is 83.7 cm³/mol. The Morgan fingerprint density at radius 1 is 1.11 bits per heavy atom. The van der Waals surface area contributed by atoms with E-state index in [1.807, 2.05) is 0 Å². The molecule has 0 unspecified atom stereocenters. The normalized spacial score (nSPS) is 16.8. The molecule has 1 aromatic carbocycles. The summed E-state index contributed by atoms with van der Waals surface area (Å²) in [6.45, 7) is 5.33. The molecule has 0 bridgehead atoms. The van der Waals surface area contributed by atoms with Crippen molar-refractivity contribution in [3.05, 3.63) is 29.8 Å². The third kappa shape index (κ3) is 4.24. The zero-order chi connectivity index (χ0) is 13.7. The smallest absolute Gasteiger partial charge is 0.0366 e. The van der Waals surface area contributed by atoms with Crippen molar-refractivity contribution < 1.29 is 0 Å². The van der Waals surface area contributed by atoms with Crippen molar-refractivity contribution in [1.82, 2.24) is 5.32 Å². The van der Waals surface area contributed by atoms with Crippen molar-refractivity contribution in [2.45, 2.75) is 64.6 Å². The lowest BCUT2D eigenvalue weighted by atomic mass is 9.94. The maximum atomic E-state index is 3.46. The first-order valence-corrected chi connectivity index (χ1v) is 7.72. The highest BCUT2D eigenvalue weighted by atomic mass is 15.1. The van der Waals surface area contributed by atoms with Crippen LogP contribution in [0.3, 0.4) is 0 Å². The van der Waals surface area contributed by atoms with Gasteiger partial charge in [0.15, 0.2) is 0 Å². The van der Waals surface area contributed by atoms with E-state index >= 15 is 0 Å². The van der Waals surface area contributed by atoms with Gasteiger partial charge in [0.2, 0.25) is 0 Å². The van der Waals surface area contributed by atoms with Crippen LogP contribution in [-0.4, -0.2) is 19.1 Å². The lowest BCUT2D eigenvalue weighted by Gasteiger charge is -2.33. The fourth-order valence-corrected chi connectivity index (χ4v) is 2.85. The molecule has 1 aliphatic rings. The van der Waals surface area contributed by atoms with Gasteiger partial charge in [0, 0.05) is 31.4 Å². The van der Waals surface area contributed by atoms with Crippen LogP contribution in [0.2, 0.25) is 0 Å². The van der Waals surface area contributed by atoms with E-state index in [1.165, 1.54) is 43.4 Å². The number of hydrogen-bond acceptors (Lipinski definition) is 2. The molecule has 1 N–H and O–H groups in total. The Morgan fingerprint density at radius 2 is 1.74 bits per heavy atom. The van der Waals surface area contributed by atoms with E-state index in [0.29, 0.717) is 6.04 Å². The standard InChI is InChI=1S/C17H28N2/c1-14(2)18-13-15-9-11-17(12-10-15)19(3)16-7-5-4-6-8-16/h9-12,14,16,18H,4-8,13H2,1-3H3. The summed E-state index contributed by atoms with van der Waals surface area (Å²) in [5.74, 6) is 0. The van der Waals surface area contributed by atoms with Gasteiger partial charge in [0.1, 0.15) is 0 Å². The highest BCUT2D eigenvalue weighted by molar-refractivity contribution is 5.47. The van der Waals surface area contributed by atoms with Crippen LogP contribution in [0.4, 0.5) is 5.69 Å². The number of rotatable bonds is 5. The van der Waals surface area contributed by atoms with Crippen LogP contribution in [0.5, 0.6) is 0 Å². The topological polar surface area (TPSA) is 15.3 Å². The third-order valence-electron chi connectivity index (χ3n) is 4.18. The first-order valence-electron chi connectivity index (χ1n) is 7.72. The Hall–Kier alpha value is -1.02. The Bertz CT molecular complexity index is 363. The number of benzene rings is 1. The summed E-state index contributed by atoms with van der Waals surface area (Å²) in [4.78, 5) is 2.47. The fourth-order valence-electron chi connectivity index (χ4n) is 2.85. The summed E-state index contributed by atoms with van der Waals surface area (Å²) in [5.41, 5.74) is 2.73. The van der Waals surface area contributed by atoms with E-state index in [1.54, 1.807) is 0 Å². The van der Waals surface area contributed by atoms with Gasteiger partial charge in [-0.05, 0) is 30.5 Å². The Morgan fingerprint density at radius 3 is 2.32 bits per heavy atom.